The van der Waals surface area contributed by atoms with Crippen LogP contribution < -0.4 is 0 Å². The second-order valence-electron chi connectivity index (χ2n) is 2.11. The summed E-state index contributed by atoms with van der Waals surface area (Å²) in [6.45, 7) is 0. The van der Waals surface area contributed by atoms with Crippen molar-refractivity contribution < 1.29 is 14.5 Å². The van der Waals surface area contributed by atoms with Gasteiger partial charge in [0, 0.05) is 0 Å². The first-order valence-electron chi connectivity index (χ1n) is 3.17. The molecule has 1 N–H and O–H groups in total. The average molecular weight is 205 g/mol. The lowest BCUT2D eigenvalue weighted by Crippen LogP contribution is -2.01. The summed E-state index contributed by atoms with van der Waals surface area (Å²) in [4.78, 5) is 22.9. The molecule has 1 heterocycles. The van der Waals surface area contributed by atoms with Gasteiger partial charge in [0.1, 0.15) is 0 Å². The van der Waals surface area contributed by atoms with Crippen molar-refractivity contribution in [3.63, 3.8) is 0 Å². The van der Waals surface area contributed by atoms with Crippen LogP contribution in [0, 0.1) is 10.1 Å². The third kappa shape index (κ3) is 1.62. The number of ether oxygens (including phenoxy) is 1. The van der Waals surface area contributed by atoms with Gasteiger partial charge in [0.05, 0.1) is 18.2 Å². The van der Waals surface area contributed by atoms with Crippen molar-refractivity contribution in [3.8, 4) is 0 Å². The molecule has 13 heavy (non-hydrogen) atoms. The number of carbonyl (C=O) groups excluding carboxylic acids is 1. The molecule has 0 aliphatic heterocycles. The topological polar surface area (TPSA) is 85.2 Å². The summed E-state index contributed by atoms with van der Waals surface area (Å²) in [6.07, 6.45) is 1.04. The summed E-state index contributed by atoms with van der Waals surface area (Å²) in [6, 6.07) is 0. The number of halogens is 1. The SMILES string of the molecule is COC(=O)c1[nH]cc([N+](=O)[O-])c1Cl. The Morgan fingerprint density at radius 1 is 1.77 bits per heavy atom. The van der Waals surface area contributed by atoms with Crippen LogP contribution >= 0.6 is 11.6 Å². The summed E-state index contributed by atoms with van der Waals surface area (Å²) in [5.41, 5.74) is -0.460. The van der Waals surface area contributed by atoms with Crippen LogP contribution in [0.25, 0.3) is 0 Å². The van der Waals surface area contributed by atoms with Gasteiger partial charge in [0.2, 0.25) is 0 Å². The predicted molar refractivity (Wildman–Crippen MR) is 43.8 cm³/mol. The number of aromatic nitrogens is 1. The highest BCUT2D eigenvalue weighted by atomic mass is 35.5. The number of hydrogen-bond acceptors (Lipinski definition) is 4. The third-order valence-electron chi connectivity index (χ3n) is 1.38. The highest BCUT2D eigenvalue weighted by Gasteiger charge is 2.23. The molecule has 0 saturated carbocycles. The largest absolute Gasteiger partial charge is 0.464 e. The maximum atomic E-state index is 10.9. The Balaban J connectivity index is 3.13. The van der Waals surface area contributed by atoms with Gasteiger partial charge in [-0.05, 0) is 0 Å². The van der Waals surface area contributed by atoms with Gasteiger partial charge >= 0.3 is 11.7 Å². The number of rotatable bonds is 2. The van der Waals surface area contributed by atoms with E-state index in [4.69, 9.17) is 11.6 Å². The van der Waals surface area contributed by atoms with E-state index in [2.05, 4.69) is 9.72 Å². The molecular weight excluding hydrogens is 200 g/mol. The first-order valence-corrected chi connectivity index (χ1v) is 3.55. The summed E-state index contributed by atoms with van der Waals surface area (Å²) < 4.78 is 4.33. The zero-order valence-corrected chi connectivity index (χ0v) is 7.29. The van der Waals surface area contributed by atoms with Crippen molar-refractivity contribution in [3.05, 3.63) is 27.0 Å². The van der Waals surface area contributed by atoms with Crippen LogP contribution in [0.4, 0.5) is 5.69 Å². The third-order valence-corrected chi connectivity index (χ3v) is 1.77. The molecule has 0 saturated heterocycles. The van der Waals surface area contributed by atoms with Crippen molar-refractivity contribution in [1.29, 1.82) is 0 Å². The molecule has 0 radical (unpaired) electrons. The molecule has 0 unspecified atom stereocenters. The number of aromatic amines is 1. The van der Waals surface area contributed by atoms with Gasteiger partial charge in [0.15, 0.2) is 10.7 Å². The zero-order valence-electron chi connectivity index (χ0n) is 6.54. The standard InChI is InChI=1S/C6H5ClN2O4/c1-13-6(10)5-4(7)3(2-8-5)9(11)12/h2,8H,1H3. The van der Waals surface area contributed by atoms with Crippen LogP contribution in [-0.4, -0.2) is 23.0 Å². The van der Waals surface area contributed by atoms with Crippen LogP contribution in [0.3, 0.4) is 0 Å². The van der Waals surface area contributed by atoms with E-state index in [-0.39, 0.29) is 16.4 Å². The van der Waals surface area contributed by atoms with Gasteiger partial charge in [-0.2, -0.15) is 0 Å². The van der Waals surface area contributed by atoms with Gasteiger partial charge in [0.25, 0.3) is 0 Å². The van der Waals surface area contributed by atoms with Crippen molar-refractivity contribution in [1.82, 2.24) is 4.98 Å². The van der Waals surface area contributed by atoms with Crippen molar-refractivity contribution in [2.45, 2.75) is 0 Å². The van der Waals surface area contributed by atoms with Gasteiger partial charge in [-0.25, -0.2) is 4.79 Å². The fourth-order valence-corrected chi connectivity index (χ4v) is 1.03. The van der Waals surface area contributed by atoms with E-state index in [0.29, 0.717) is 0 Å². The molecule has 1 aromatic rings. The Morgan fingerprint density at radius 3 is 2.77 bits per heavy atom. The molecule has 0 atom stereocenters. The van der Waals surface area contributed by atoms with Gasteiger partial charge in [-0.3, -0.25) is 10.1 Å². The van der Waals surface area contributed by atoms with Crippen LogP contribution in [0.2, 0.25) is 5.02 Å². The number of methoxy groups -OCH3 is 1. The normalized spacial score (nSPS) is 9.69. The lowest BCUT2D eigenvalue weighted by molar-refractivity contribution is -0.384. The van der Waals surface area contributed by atoms with Crippen molar-refractivity contribution in [2.24, 2.45) is 0 Å². The Labute approximate surface area is 77.6 Å². The number of nitrogens with zero attached hydrogens (tertiary/aromatic N) is 1. The second kappa shape index (κ2) is 3.44. The zero-order chi connectivity index (χ0) is 10.0. The molecule has 1 aromatic heterocycles. The number of nitrogens with one attached hydrogen (secondary N) is 1. The monoisotopic (exact) mass is 204 g/mol. The maximum Gasteiger partial charge on any atom is 0.356 e. The van der Waals surface area contributed by atoms with Crippen molar-refractivity contribution >= 4 is 23.3 Å². The Morgan fingerprint density at radius 2 is 2.38 bits per heavy atom. The van der Waals surface area contributed by atoms with E-state index in [9.17, 15) is 14.9 Å². The molecule has 0 aliphatic rings. The molecular formula is C6H5ClN2O4. The Hall–Kier alpha value is -1.56. The lowest BCUT2D eigenvalue weighted by Gasteiger charge is -1.93. The molecule has 7 heteroatoms. The molecule has 70 valence electrons. The number of nitro groups is 1. The van der Waals surface area contributed by atoms with Gasteiger partial charge in [-0.15, -0.1) is 0 Å². The number of esters is 1. The van der Waals surface area contributed by atoms with E-state index in [0.717, 1.165) is 13.3 Å². The summed E-state index contributed by atoms with van der Waals surface area (Å²) in [5.74, 6) is -0.738. The minimum absolute atomic E-state index is 0.115. The van der Waals surface area contributed by atoms with Crippen LogP contribution in [0.15, 0.2) is 6.20 Å². The smallest absolute Gasteiger partial charge is 0.356 e. The van der Waals surface area contributed by atoms with Crippen LogP contribution in [0.5, 0.6) is 0 Å². The van der Waals surface area contributed by atoms with Gasteiger partial charge < -0.3 is 9.72 Å². The molecule has 0 aliphatic carbocycles. The first-order chi connectivity index (χ1) is 6.07. The lowest BCUT2D eigenvalue weighted by atomic mass is 10.4. The minimum Gasteiger partial charge on any atom is -0.464 e. The minimum atomic E-state index is -0.738. The summed E-state index contributed by atoms with van der Waals surface area (Å²) in [5, 5.41) is 10.1. The Bertz CT molecular complexity index is 360. The van der Waals surface area contributed by atoms with Crippen LogP contribution in [0.1, 0.15) is 10.5 Å². The van der Waals surface area contributed by atoms with Crippen LogP contribution in [-0.2, 0) is 4.74 Å². The number of carbonyl (C=O) groups is 1. The highest BCUT2D eigenvalue weighted by molar-refractivity contribution is 6.35. The molecule has 0 spiro atoms. The van der Waals surface area contributed by atoms with E-state index < -0.39 is 10.9 Å². The first kappa shape index (κ1) is 9.53. The van der Waals surface area contributed by atoms with E-state index in [1.54, 1.807) is 0 Å². The van der Waals surface area contributed by atoms with E-state index in [1.807, 2.05) is 0 Å². The number of hydrogen-bond donors (Lipinski definition) is 1. The molecule has 0 amide bonds. The second-order valence-corrected chi connectivity index (χ2v) is 2.49. The quantitative estimate of drug-likeness (QED) is 0.448. The maximum absolute atomic E-state index is 10.9. The Kier molecular flexibility index (Phi) is 2.52. The summed E-state index contributed by atoms with van der Waals surface area (Å²) in [7, 11) is 1.16. The fraction of sp³-hybridized carbons (Fsp3) is 0.167. The predicted octanol–water partition coefficient (Wildman–Crippen LogP) is 1.36. The highest BCUT2D eigenvalue weighted by Crippen LogP contribution is 2.27. The molecule has 0 bridgehead atoms. The molecule has 1 rings (SSSR count). The van der Waals surface area contributed by atoms with Crippen molar-refractivity contribution in [2.75, 3.05) is 7.11 Å². The molecule has 0 aromatic carbocycles. The fourth-order valence-electron chi connectivity index (χ4n) is 0.779. The number of H-pyrrole nitrogens is 1. The molecule has 6 nitrogen and oxygen atoms in total. The van der Waals surface area contributed by atoms with E-state index >= 15 is 0 Å². The van der Waals surface area contributed by atoms with Gasteiger partial charge in [-0.1, -0.05) is 11.6 Å². The summed E-state index contributed by atoms with van der Waals surface area (Å²) >= 11 is 5.52. The van der Waals surface area contributed by atoms with E-state index in [1.165, 1.54) is 0 Å². The molecule has 0 fully saturated rings. The average Bonchev–Trinajstić information content (AvgIpc) is 2.46.